The van der Waals surface area contributed by atoms with Crippen molar-refractivity contribution in [2.24, 2.45) is 0 Å². The van der Waals surface area contributed by atoms with Crippen LogP contribution in [0.4, 0.5) is 4.39 Å². The van der Waals surface area contributed by atoms with Gasteiger partial charge in [0.25, 0.3) is 5.91 Å². The third kappa shape index (κ3) is 3.65. The minimum atomic E-state index is -0.466. The fourth-order valence-corrected chi connectivity index (χ4v) is 2.67. The first-order valence-electron chi connectivity index (χ1n) is 7.53. The monoisotopic (exact) mass is 315 g/mol. The molecule has 1 N–H and O–H groups in total. The Balaban J connectivity index is 1.68. The van der Waals surface area contributed by atoms with E-state index in [0.29, 0.717) is 13.1 Å². The fourth-order valence-electron chi connectivity index (χ4n) is 2.67. The first-order chi connectivity index (χ1) is 11.3. The maximum Gasteiger partial charge on any atom is 0.261 e. The predicted octanol–water partition coefficient (Wildman–Crippen LogP) is 1.77. The minimum absolute atomic E-state index is 0.0662. The first-order valence-corrected chi connectivity index (χ1v) is 7.53. The van der Waals surface area contributed by atoms with Crippen molar-refractivity contribution in [2.45, 2.75) is 6.04 Å². The molecule has 0 spiro atoms. The average molecular weight is 315 g/mol. The van der Waals surface area contributed by atoms with Crippen molar-refractivity contribution in [3.05, 3.63) is 60.2 Å². The number of hydrogen-bond donors (Lipinski definition) is 1. The summed E-state index contributed by atoms with van der Waals surface area (Å²) in [5.41, 5.74) is 1.02. The second-order valence-electron chi connectivity index (χ2n) is 5.31. The Morgan fingerprint density at radius 2 is 2.09 bits per heavy atom. The number of aromatic nitrogens is 1. The van der Waals surface area contributed by atoms with E-state index in [-0.39, 0.29) is 24.3 Å². The zero-order valence-electron chi connectivity index (χ0n) is 12.6. The van der Waals surface area contributed by atoms with Gasteiger partial charge in [-0.15, -0.1) is 0 Å². The molecule has 5 nitrogen and oxygen atoms in total. The van der Waals surface area contributed by atoms with E-state index in [9.17, 15) is 9.18 Å². The summed E-state index contributed by atoms with van der Waals surface area (Å²) in [7, 11) is 0. The van der Waals surface area contributed by atoms with E-state index >= 15 is 0 Å². The molecule has 0 saturated carbocycles. The fraction of sp³-hybridized carbons (Fsp3) is 0.294. The van der Waals surface area contributed by atoms with Crippen LogP contribution in [0.1, 0.15) is 11.6 Å². The van der Waals surface area contributed by atoms with Gasteiger partial charge in [-0.2, -0.15) is 0 Å². The van der Waals surface area contributed by atoms with Gasteiger partial charge >= 0.3 is 0 Å². The van der Waals surface area contributed by atoms with Crippen molar-refractivity contribution in [1.82, 2.24) is 15.2 Å². The summed E-state index contributed by atoms with van der Waals surface area (Å²) in [5.74, 6) is -0.528. The number of piperazine rings is 1. The summed E-state index contributed by atoms with van der Waals surface area (Å²) in [6.45, 7) is 1.82. The lowest BCUT2D eigenvalue weighted by molar-refractivity contribution is -0.136. The van der Waals surface area contributed by atoms with Crippen LogP contribution in [0.25, 0.3) is 0 Å². The van der Waals surface area contributed by atoms with Crippen LogP contribution in [0.2, 0.25) is 0 Å². The number of para-hydroxylation sites is 1. The number of rotatable bonds is 4. The number of ether oxygens (including phenoxy) is 1. The zero-order chi connectivity index (χ0) is 16.1. The molecule has 1 amide bonds. The standard InChI is InChI=1S/C17H18FN3O2/c18-14-3-1-2-4-16(14)23-12-17(22)21-10-9-20-11-15(21)13-5-7-19-8-6-13/h1-8,15,20H,9-12H2. The van der Waals surface area contributed by atoms with Gasteiger partial charge in [0.2, 0.25) is 0 Å². The van der Waals surface area contributed by atoms with Crippen LogP contribution in [0.5, 0.6) is 5.75 Å². The minimum Gasteiger partial charge on any atom is -0.481 e. The van der Waals surface area contributed by atoms with E-state index in [1.807, 2.05) is 12.1 Å². The number of benzene rings is 1. The number of carbonyl (C=O) groups excluding carboxylic acids is 1. The Morgan fingerprint density at radius 1 is 1.30 bits per heavy atom. The topological polar surface area (TPSA) is 54.5 Å². The lowest BCUT2D eigenvalue weighted by Gasteiger charge is -2.36. The van der Waals surface area contributed by atoms with Gasteiger partial charge in [-0.25, -0.2) is 4.39 Å². The van der Waals surface area contributed by atoms with E-state index < -0.39 is 5.82 Å². The van der Waals surface area contributed by atoms with Crippen LogP contribution in [0, 0.1) is 5.82 Å². The number of pyridine rings is 1. The molecule has 1 aromatic carbocycles. The van der Waals surface area contributed by atoms with Gasteiger partial charge in [-0.3, -0.25) is 9.78 Å². The molecule has 1 aromatic heterocycles. The van der Waals surface area contributed by atoms with Gasteiger partial charge in [0.15, 0.2) is 18.2 Å². The second-order valence-corrected chi connectivity index (χ2v) is 5.31. The summed E-state index contributed by atoms with van der Waals surface area (Å²) in [5, 5.41) is 3.29. The van der Waals surface area contributed by atoms with Crippen LogP contribution in [0.15, 0.2) is 48.8 Å². The predicted molar refractivity (Wildman–Crippen MR) is 83.5 cm³/mol. The molecule has 0 radical (unpaired) electrons. The molecule has 1 aliphatic heterocycles. The molecule has 1 unspecified atom stereocenters. The Hall–Kier alpha value is -2.47. The highest BCUT2D eigenvalue weighted by molar-refractivity contribution is 5.78. The Bertz CT molecular complexity index is 666. The smallest absolute Gasteiger partial charge is 0.261 e. The Kier molecular flexibility index (Phi) is 4.83. The quantitative estimate of drug-likeness (QED) is 0.934. The number of amides is 1. The highest BCUT2D eigenvalue weighted by atomic mass is 19.1. The van der Waals surface area contributed by atoms with Crippen molar-refractivity contribution in [2.75, 3.05) is 26.2 Å². The molecule has 2 aromatic rings. The molecule has 1 aliphatic rings. The van der Waals surface area contributed by atoms with E-state index in [0.717, 1.165) is 12.1 Å². The molecule has 0 aliphatic carbocycles. The Morgan fingerprint density at radius 3 is 2.87 bits per heavy atom. The summed E-state index contributed by atoms with van der Waals surface area (Å²) in [6.07, 6.45) is 3.42. The third-order valence-corrected chi connectivity index (χ3v) is 3.84. The molecular weight excluding hydrogens is 297 g/mol. The lowest BCUT2D eigenvalue weighted by Crippen LogP contribution is -2.50. The molecule has 2 heterocycles. The van der Waals surface area contributed by atoms with Crippen molar-refractivity contribution in [1.29, 1.82) is 0 Å². The van der Waals surface area contributed by atoms with Gasteiger partial charge in [-0.1, -0.05) is 12.1 Å². The molecule has 1 saturated heterocycles. The summed E-state index contributed by atoms with van der Waals surface area (Å²) >= 11 is 0. The van der Waals surface area contributed by atoms with Gasteiger partial charge < -0.3 is 15.0 Å². The van der Waals surface area contributed by atoms with Crippen LogP contribution < -0.4 is 10.1 Å². The van der Waals surface area contributed by atoms with Crippen LogP contribution in [0.3, 0.4) is 0 Å². The molecule has 6 heteroatoms. The molecule has 1 fully saturated rings. The second kappa shape index (κ2) is 7.19. The van der Waals surface area contributed by atoms with Crippen LogP contribution >= 0.6 is 0 Å². The molecule has 3 rings (SSSR count). The Labute approximate surface area is 134 Å². The molecule has 120 valence electrons. The number of halogens is 1. The van der Waals surface area contributed by atoms with E-state index in [1.165, 1.54) is 12.1 Å². The number of nitrogens with zero attached hydrogens (tertiary/aromatic N) is 2. The van der Waals surface area contributed by atoms with Gasteiger partial charge in [-0.05, 0) is 29.8 Å². The van der Waals surface area contributed by atoms with E-state index in [2.05, 4.69) is 10.3 Å². The normalized spacial score (nSPS) is 17.8. The number of carbonyl (C=O) groups is 1. The average Bonchev–Trinajstić information content (AvgIpc) is 2.61. The first kappa shape index (κ1) is 15.4. The van der Waals surface area contributed by atoms with E-state index in [1.54, 1.807) is 29.4 Å². The molecular formula is C17H18FN3O2. The van der Waals surface area contributed by atoms with Crippen molar-refractivity contribution in [3.63, 3.8) is 0 Å². The van der Waals surface area contributed by atoms with Crippen molar-refractivity contribution < 1.29 is 13.9 Å². The highest BCUT2D eigenvalue weighted by Gasteiger charge is 2.28. The molecule has 23 heavy (non-hydrogen) atoms. The van der Waals surface area contributed by atoms with Gasteiger partial charge in [0, 0.05) is 32.0 Å². The van der Waals surface area contributed by atoms with Crippen molar-refractivity contribution >= 4 is 5.91 Å². The largest absolute Gasteiger partial charge is 0.481 e. The van der Waals surface area contributed by atoms with Crippen molar-refractivity contribution in [3.8, 4) is 5.75 Å². The summed E-state index contributed by atoms with van der Waals surface area (Å²) in [6, 6.07) is 9.81. The van der Waals surface area contributed by atoms with Gasteiger partial charge in [0.05, 0.1) is 6.04 Å². The third-order valence-electron chi connectivity index (χ3n) is 3.84. The summed E-state index contributed by atoms with van der Waals surface area (Å²) < 4.78 is 18.9. The molecule has 1 atom stereocenters. The van der Waals surface area contributed by atoms with Crippen LogP contribution in [-0.2, 0) is 4.79 Å². The zero-order valence-corrected chi connectivity index (χ0v) is 12.6. The maximum atomic E-state index is 13.6. The molecule has 0 bridgehead atoms. The van der Waals surface area contributed by atoms with E-state index in [4.69, 9.17) is 4.74 Å². The SMILES string of the molecule is O=C(COc1ccccc1F)N1CCNCC1c1ccncc1. The lowest BCUT2D eigenvalue weighted by atomic mass is 10.0. The maximum absolute atomic E-state index is 13.6. The summed E-state index contributed by atoms with van der Waals surface area (Å²) in [4.78, 5) is 18.3. The van der Waals surface area contributed by atoms with Gasteiger partial charge in [0.1, 0.15) is 0 Å². The highest BCUT2D eigenvalue weighted by Crippen LogP contribution is 2.22. The van der Waals surface area contributed by atoms with Crippen LogP contribution in [-0.4, -0.2) is 42.0 Å². The number of nitrogens with one attached hydrogen (secondary N) is 1. The number of hydrogen-bond acceptors (Lipinski definition) is 4.